The number of carbonyl (C=O) groups is 1. The van der Waals surface area contributed by atoms with E-state index < -0.39 is 22.2 Å². The van der Waals surface area contributed by atoms with E-state index in [2.05, 4.69) is 31.5 Å². The molecule has 0 aliphatic carbocycles. The van der Waals surface area contributed by atoms with Crippen LogP contribution in [-0.4, -0.2) is 59.7 Å². The van der Waals surface area contributed by atoms with Crippen molar-refractivity contribution in [2.24, 2.45) is 0 Å². The molecule has 13 heteroatoms. The van der Waals surface area contributed by atoms with Gasteiger partial charge < -0.3 is 5.11 Å². The summed E-state index contributed by atoms with van der Waals surface area (Å²) >= 11 is 1.71. The highest BCUT2D eigenvalue weighted by Crippen LogP contribution is 2.24. The van der Waals surface area contributed by atoms with Crippen LogP contribution < -0.4 is 4.72 Å². The molecule has 3 rings (SSSR count). The van der Waals surface area contributed by atoms with Crippen molar-refractivity contribution in [2.75, 3.05) is 19.3 Å². The van der Waals surface area contributed by atoms with E-state index in [0.717, 1.165) is 26.1 Å². The van der Waals surface area contributed by atoms with Crippen LogP contribution in [0.25, 0.3) is 0 Å². The lowest BCUT2D eigenvalue weighted by Crippen LogP contribution is -2.38. The van der Waals surface area contributed by atoms with E-state index in [4.69, 9.17) is 9.90 Å². The first-order chi connectivity index (χ1) is 13.5. The Balaban J connectivity index is 0.000000370. The SMILES string of the molecule is CS(=O)(=O)NCCC1CN(Cc2ccsc2)Cc2ccnn21.O=C(O)C(F)(F)F. The van der Waals surface area contributed by atoms with E-state index in [9.17, 15) is 21.6 Å². The third-order valence-electron chi connectivity index (χ3n) is 4.02. The molecule has 1 unspecified atom stereocenters. The molecular formula is C16H21F3N4O4S2. The number of thiophene rings is 1. The van der Waals surface area contributed by atoms with Crippen LogP contribution in [0.1, 0.15) is 23.7 Å². The normalized spacial score (nSPS) is 17.3. The molecule has 0 spiro atoms. The second-order valence-corrected chi connectivity index (χ2v) is 9.09. The van der Waals surface area contributed by atoms with Crippen LogP contribution >= 0.6 is 11.3 Å². The number of fused-ring (bicyclic) bond motifs is 1. The van der Waals surface area contributed by atoms with Gasteiger partial charge >= 0.3 is 12.1 Å². The van der Waals surface area contributed by atoms with Gasteiger partial charge in [-0.15, -0.1) is 0 Å². The lowest BCUT2D eigenvalue weighted by Gasteiger charge is -2.33. The maximum absolute atomic E-state index is 11.2. The Bertz CT molecular complexity index is 898. The first-order valence-electron chi connectivity index (χ1n) is 8.46. The van der Waals surface area contributed by atoms with Gasteiger partial charge in [0, 0.05) is 32.4 Å². The number of aromatic nitrogens is 2. The predicted molar refractivity (Wildman–Crippen MR) is 101 cm³/mol. The Morgan fingerprint density at radius 3 is 2.66 bits per heavy atom. The summed E-state index contributed by atoms with van der Waals surface area (Å²) in [6, 6.07) is 4.39. The molecule has 0 bridgehead atoms. The van der Waals surface area contributed by atoms with Gasteiger partial charge in [0.2, 0.25) is 10.0 Å². The number of sulfonamides is 1. The molecule has 0 saturated carbocycles. The second kappa shape index (κ2) is 9.69. The number of aliphatic carboxylic acids is 1. The minimum absolute atomic E-state index is 0.201. The van der Waals surface area contributed by atoms with Gasteiger partial charge in [0.25, 0.3) is 0 Å². The van der Waals surface area contributed by atoms with E-state index in [0.29, 0.717) is 6.54 Å². The zero-order valence-corrected chi connectivity index (χ0v) is 17.1. The van der Waals surface area contributed by atoms with Crippen molar-refractivity contribution in [1.82, 2.24) is 19.4 Å². The molecule has 0 saturated heterocycles. The fourth-order valence-corrected chi connectivity index (χ4v) is 4.00. The van der Waals surface area contributed by atoms with Gasteiger partial charge in [0.15, 0.2) is 0 Å². The van der Waals surface area contributed by atoms with Gasteiger partial charge in [0.05, 0.1) is 18.0 Å². The Kier molecular flexibility index (Phi) is 7.80. The number of nitrogens with one attached hydrogen (secondary N) is 1. The highest BCUT2D eigenvalue weighted by Gasteiger charge is 2.38. The van der Waals surface area contributed by atoms with E-state index in [1.54, 1.807) is 11.3 Å². The fourth-order valence-electron chi connectivity index (χ4n) is 2.85. The van der Waals surface area contributed by atoms with Crippen molar-refractivity contribution >= 4 is 27.3 Å². The van der Waals surface area contributed by atoms with Crippen LogP contribution in [0, 0.1) is 0 Å². The van der Waals surface area contributed by atoms with Gasteiger partial charge in [-0.3, -0.25) is 9.58 Å². The smallest absolute Gasteiger partial charge is 0.475 e. The maximum Gasteiger partial charge on any atom is 0.490 e. The van der Waals surface area contributed by atoms with Gasteiger partial charge in [-0.2, -0.15) is 29.6 Å². The van der Waals surface area contributed by atoms with Crippen LogP contribution in [-0.2, 0) is 27.9 Å². The standard InChI is InChI=1S/C14H20N4O2S2.C2HF3O2/c1-22(19,20)16-6-3-14-10-17(8-12-4-7-21-11-12)9-13-2-5-15-18(13)14;3-2(4,5)1(6)7/h2,4-5,7,11,14,16H,3,6,8-10H2,1H3;(H,6,7). The van der Waals surface area contributed by atoms with E-state index in [-0.39, 0.29) is 6.04 Å². The third kappa shape index (κ3) is 7.76. The van der Waals surface area contributed by atoms with Crippen molar-refractivity contribution < 1.29 is 31.5 Å². The molecule has 0 radical (unpaired) electrons. The van der Waals surface area contributed by atoms with Gasteiger partial charge in [-0.1, -0.05) is 0 Å². The third-order valence-corrected chi connectivity index (χ3v) is 5.48. The van der Waals surface area contributed by atoms with Gasteiger partial charge in [-0.25, -0.2) is 17.9 Å². The van der Waals surface area contributed by atoms with Crippen LogP contribution in [0.2, 0.25) is 0 Å². The number of hydrogen-bond acceptors (Lipinski definition) is 6. The van der Waals surface area contributed by atoms with E-state index in [1.807, 2.05) is 16.9 Å². The molecule has 0 amide bonds. The average molecular weight is 454 g/mol. The van der Waals surface area contributed by atoms with E-state index >= 15 is 0 Å². The lowest BCUT2D eigenvalue weighted by molar-refractivity contribution is -0.192. The summed E-state index contributed by atoms with van der Waals surface area (Å²) in [4.78, 5) is 11.3. The average Bonchev–Trinajstić information content (AvgIpc) is 3.24. The molecule has 29 heavy (non-hydrogen) atoms. The molecule has 8 nitrogen and oxygen atoms in total. The van der Waals surface area contributed by atoms with Crippen LogP contribution in [0.4, 0.5) is 13.2 Å². The number of halogens is 3. The molecule has 2 N–H and O–H groups in total. The van der Waals surface area contributed by atoms with Crippen LogP contribution in [0.5, 0.6) is 0 Å². The molecule has 162 valence electrons. The minimum atomic E-state index is -5.08. The minimum Gasteiger partial charge on any atom is -0.475 e. The highest BCUT2D eigenvalue weighted by molar-refractivity contribution is 7.88. The Morgan fingerprint density at radius 2 is 2.10 bits per heavy atom. The molecule has 0 aromatic carbocycles. The predicted octanol–water partition coefficient (Wildman–Crippen LogP) is 2.07. The van der Waals surface area contributed by atoms with Crippen LogP contribution in [0.15, 0.2) is 29.1 Å². The number of carboxylic acids is 1. The highest BCUT2D eigenvalue weighted by atomic mass is 32.2. The summed E-state index contributed by atoms with van der Waals surface area (Å²) in [6.07, 6.45) is -1.33. The molecule has 1 aliphatic rings. The summed E-state index contributed by atoms with van der Waals surface area (Å²) in [5.74, 6) is -2.76. The summed E-state index contributed by atoms with van der Waals surface area (Å²) < 4.78 is 58.7. The summed E-state index contributed by atoms with van der Waals surface area (Å²) in [6.45, 7) is 3.13. The number of alkyl halides is 3. The van der Waals surface area contributed by atoms with Crippen molar-refractivity contribution in [3.63, 3.8) is 0 Å². The molecular weight excluding hydrogens is 433 g/mol. The number of hydrogen-bond donors (Lipinski definition) is 2. The van der Waals surface area contributed by atoms with Gasteiger partial charge in [-0.05, 0) is 34.9 Å². The zero-order chi connectivity index (χ0) is 21.7. The van der Waals surface area contributed by atoms with Crippen molar-refractivity contribution in [2.45, 2.75) is 31.7 Å². The van der Waals surface area contributed by atoms with Crippen molar-refractivity contribution in [3.8, 4) is 0 Å². The monoisotopic (exact) mass is 454 g/mol. The van der Waals surface area contributed by atoms with E-state index in [1.165, 1.54) is 17.5 Å². The zero-order valence-electron chi connectivity index (χ0n) is 15.5. The maximum atomic E-state index is 11.2. The summed E-state index contributed by atoms with van der Waals surface area (Å²) in [7, 11) is -3.14. The quantitative estimate of drug-likeness (QED) is 0.693. The first kappa shape index (κ1) is 23.3. The molecule has 1 atom stereocenters. The molecule has 2 aromatic rings. The second-order valence-electron chi connectivity index (χ2n) is 6.48. The summed E-state index contributed by atoms with van der Waals surface area (Å²) in [5, 5.41) is 15.8. The first-order valence-corrected chi connectivity index (χ1v) is 11.3. The Morgan fingerprint density at radius 1 is 1.41 bits per heavy atom. The van der Waals surface area contributed by atoms with Crippen LogP contribution in [0.3, 0.4) is 0 Å². The van der Waals surface area contributed by atoms with Gasteiger partial charge in [0.1, 0.15) is 0 Å². The Hall–Kier alpha value is -1.96. The molecule has 2 aromatic heterocycles. The number of carboxylic acid groups (broad SMARTS) is 1. The number of rotatable bonds is 6. The Labute approximate surface area is 170 Å². The molecule has 1 aliphatic heterocycles. The lowest BCUT2D eigenvalue weighted by atomic mass is 10.1. The van der Waals surface area contributed by atoms with Crippen molar-refractivity contribution in [1.29, 1.82) is 0 Å². The molecule has 0 fully saturated rings. The summed E-state index contributed by atoms with van der Waals surface area (Å²) in [5.41, 5.74) is 2.51. The van der Waals surface area contributed by atoms with Crippen molar-refractivity contribution in [3.05, 3.63) is 40.3 Å². The largest absolute Gasteiger partial charge is 0.490 e. The fraction of sp³-hybridized carbons (Fsp3) is 0.500. The molecule has 3 heterocycles. The topological polar surface area (TPSA) is 105 Å². The number of nitrogens with zero attached hydrogens (tertiary/aromatic N) is 3.